The summed E-state index contributed by atoms with van der Waals surface area (Å²) in [5, 5.41) is 7.50. The molecular weight excluding hydrogens is 368 g/mol. The number of hydrogen-bond donors (Lipinski definition) is 1. The van der Waals surface area contributed by atoms with Gasteiger partial charge < -0.3 is 15.0 Å². The number of methoxy groups -OCH3 is 1. The van der Waals surface area contributed by atoms with E-state index in [1.165, 1.54) is 5.56 Å². The minimum Gasteiger partial charge on any atom is -0.497 e. The van der Waals surface area contributed by atoms with Gasteiger partial charge in [0.05, 0.1) is 12.8 Å². The summed E-state index contributed by atoms with van der Waals surface area (Å²) < 4.78 is 7.04. The molecule has 7 heteroatoms. The van der Waals surface area contributed by atoms with Gasteiger partial charge in [0.2, 0.25) is 5.91 Å². The summed E-state index contributed by atoms with van der Waals surface area (Å²) in [4.78, 5) is 27.0. The first-order valence-corrected chi connectivity index (χ1v) is 10.1. The van der Waals surface area contributed by atoms with Crippen molar-refractivity contribution in [1.82, 2.24) is 20.0 Å². The van der Waals surface area contributed by atoms with Crippen LogP contribution in [0.25, 0.3) is 0 Å². The van der Waals surface area contributed by atoms with E-state index in [0.29, 0.717) is 30.8 Å². The number of benzene rings is 1. The van der Waals surface area contributed by atoms with Crippen LogP contribution in [0.5, 0.6) is 5.75 Å². The number of aryl methyl sites for hydroxylation is 2. The minimum atomic E-state index is -0.101. The summed E-state index contributed by atoms with van der Waals surface area (Å²) in [6.45, 7) is 5.37. The normalized spacial score (nSPS) is 14.7. The number of aromatic nitrogens is 2. The maximum absolute atomic E-state index is 12.6. The van der Waals surface area contributed by atoms with Crippen molar-refractivity contribution in [2.45, 2.75) is 45.6 Å². The second-order valence-electron chi connectivity index (χ2n) is 7.63. The number of carbonyl (C=O) groups excluding carboxylic acids is 2. The molecule has 7 nitrogen and oxygen atoms in total. The zero-order chi connectivity index (χ0) is 21.0. The number of nitrogens with one attached hydrogen (secondary N) is 1. The third kappa shape index (κ3) is 4.96. The number of piperidine rings is 1. The Morgan fingerprint density at radius 3 is 2.59 bits per heavy atom. The van der Waals surface area contributed by atoms with Gasteiger partial charge in [0.25, 0.3) is 5.91 Å². The molecule has 0 unspecified atom stereocenters. The van der Waals surface area contributed by atoms with Gasteiger partial charge in [-0.15, -0.1) is 0 Å². The van der Waals surface area contributed by atoms with E-state index in [1.807, 2.05) is 36.5 Å². The van der Waals surface area contributed by atoms with E-state index in [0.717, 1.165) is 30.7 Å². The molecule has 0 aliphatic carbocycles. The van der Waals surface area contributed by atoms with E-state index in [4.69, 9.17) is 4.74 Å². The van der Waals surface area contributed by atoms with Gasteiger partial charge in [-0.2, -0.15) is 5.10 Å². The molecule has 1 fully saturated rings. The molecule has 0 radical (unpaired) electrons. The predicted molar refractivity (Wildman–Crippen MR) is 111 cm³/mol. The van der Waals surface area contributed by atoms with Gasteiger partial charge in [-0.05, 0) is 56.9 Å². The van der Waals surface area contributed by atoms with Crippen molar-refractivity contribution in [2.75, 3.05) is 20.2 Å². The van der Waals surface area contributed by atoms with Gasteiger partial charge in [-0.3, -0.25) is 14.3 Å². The van der Waals surface area contributed by atoms with Crippen LogP contribution in [0.2, 0.25) is 0 Å². The highest BCUT2D eigenvalue weighted by molar-refractivity contribution is 5.94. The first kappa shape index (κ1) is 20.9. The van der Waals surface area contributed by atoms with Crippen molar-refractivity contribution in [3.05, 3.63) is 46.8 Å². The molecule has 0 atom stereocenters. The molecule has 1 aromatic heterocycles. The highest BCUT2D eigenvalue weighted by Crippen LogP contribution is 2.18. The molecule has 156 valence electrons. The van der Waals surface area contributed by atoms with Crippen molar-refractivity contribution in [2.24, 2.45) is 7.05 Å². The van der Waals surface area contributed by atoms with Crippen LogP contribution in [-0.2, 0) is 18.3 Å². The Morgan fingerprint density at radius 1 is 1.24 bits per heavy atom. The van der Waals surface area contributed by atoms with Crippen LogP contribution < -0.4 is 10.1 Å². The molecule has 0 bridgehead atoms. The van der Waals surface area contributed by atoms with Gasteiger partial charge in [0.15, 0.2) is 0 Å². The molecular formula is C22H30N4O3. The smallest absolute Gasteiger partial charge is 0.251 e. The Balaban J connectivity index is 1.47. The average Bonchev–Trinajstić information content (AvgIpc) is 2.98. The summed E-state index contributed by atoms with van der Waals surface area (Å²) in [5.41, 5.74) is 3.87. The molecule has 0 spiro atoms. The summed E-state index contributed by atoms with van der Waals surface area (Å²) in [7, 11) is 3.51. The third-order valence-electron chi connectivity index (χ3n) is 5.76. The second-order valence-corrected chi connectivity index (χ2v) is 7.63. The Bertz CT molecular complexity index is 882. The van der Waals surface area contributed by atoms with E-state index in [-0.39, 0.29) is 17.9 Å². The number of ether oxygens (including phenoxy) is 1. The second kappa shape index (κ2) is 9.11. The van der Waals surface area contributed by atoms with Gasteiger partial charge in [-0.25, -0.2) is 0 Å². The van der Waals surface area contributed by atoms with Crippen molar-refractivity contribution < 1.29 is 14.3 Å². The molecule has 1 saturated heterocycles. The summed E-state index contributed by atoms with van der Waals surface area (Å²) in [6.07, 6.45) is 2.75. The Kier molecular flexibility index (Phi) is 6.56. The lowest BCUT2D eigenvalue weighted by atomic mass is 10.0. The molecule has 1 aliphatic heterocycles. The topological polar surface area (TPSA) is 76.5 Å². The van der Waals surface area contributed by atoms with E-state index < -0.39 is 0 Å². The molecule has 2 heterocycles. The van der Waals surface area contributed by atoms with Crippen LogP contribution in [0, 0.1) is 13.8 Å². The lowest BCUT2D eigenvalue weighted by Crippen LogP contribution is -2.46. The predicted octanol–water partition coefficient (Wildman–Crippen LogP) is 2.40. The molecule has 1 N–H and O–H groups in total. The van der Waals surface area contributed by atoms with E-state index in [2.05, 4.69) is 10.4 Å². The van der Waals surface area contributed by atoms with Gasteiger partial charge in [-0.1, -0.05) is 6.07 Å². The fraction of sp³-hybridized carbons (Fsp3) is 0.500. The van der Waals surface area contributed by atoms with Crippen molar-refractivity contribution in [3.8, 4) is 5.75 Å². The molecule has 0 saturated carbocycles. The number of carbonyl (C=O) groups is 2. The highest BCUT2D eigenvalue weighted by Gasteiger charge is 2.24. The van der Waals surface area contributed by atoms with E-state index in [9.17, 15) is 9.59 Å². The molecule has 2 aromatic rings. The van der Waals surface area contributed by atoms with Gasteiger partial charge in [0, 0.05) is 43.9 Å². The monoisotopic (exact) mass is 398 g/mol. The molecule has 29 heavy (non-hydrogen) atoms. The van der Waals surface area contributed by atoms with Crippen LogP contribution in [0.1, 0.15) is 46.6 Å². The fourth-order valence-corrected chi connectivity index (χ4v) is 3.88. The zero-order valence-corrected chi connectivity index (χ0v) is 17.7. The number of hydrogen-bond acceptors (Lipinski definition) is 4. The van der Waals surface area contributed by atoms with Crippen molar-refractivity contribution in [1.29, 1.82) is 0 Å². The van der Waals surface area contributed by atoms with Crippen molar-refractivity contribution >= 4 is 11.8 Å². The molecule has 2 amide bonds. The Morgan fingerprint density at radius 2 is 1.97 bits per heavy atom. The summed E-state index contributed by atoms with van der Waals surface area (Å²) in [6, 6.07) is 7.21. The van der Waals surface area contributed by atoms with Crippen LogP contribution in [0.4, 0.5) is 0 Å². The Labute approximate surface area is 172 Å². The standard InChI is InChI=1S/C22H30N4O3/c1-15-20(16(2)25(3)24-15)8-9-21(27)26-12-10-18(11-13-26)23-22(28)17-6-5-7-19(14-17)29-4/h5-7,14,18H,8-13H2,1-4H3,(H,23,28). The quantitative estimate of drug-likeness (QED) is 0.811. The third-order valence-corrected chi connectivity index (χ3v) is 5.76. The first-order chi connectivity index (χ1) is 13.9. The molecule has 3 rings (SSSR count). The fourth-order valence-electron chi connectivity index (χ4n) is 3.88. The van der Waals surface area contributed by atoms with Crippen LogP contribution in [0.3, 0.4) is 0 Å². The SMILES string of the molecule is COc1cccc(C(=O)NC2CCN(C(=O)CCc3c(C)nn(C)c3C)CC2)c1. The largest absolute Gasteiger partial charge is 0.497 e. The maximum Gasteiger partial charge on any atom is 0.251 e. The van der Waals surface area contributed by atoms with E-state index in [1.54, 1.807) is 25.3 Å². The molecule has 1 aliphatic rings. The zero-order valence-electron chi connectivity index (χ0n) is 17.7. The van der Waals surface area contributed by atoms with Crippen LogP contribution >= 0.6 is 0 Å². The number of rotatable bonds is 6. The summed E-state index contributed by atoms with van der Waals surface area (Å²) in [5.74, 6) is 0.735. The number of likely N-dealkylation sites (tertiary alicyclic amines) is 1. The molecule has 1 aromatic carbocycles. The van der Waals surface area contributed by atoms with Gasteiger partial charge in [0.1, 0.15) is 5.75 Å². The lowest BCUT2D eigenvalue weighted by Gasteiger charge is -2.32. The Hall–Kier alpha value is -2.83. The minimum absolute atomic E-state index is 0.0839. The average molecular weight is 399 g/mol. The summed E-state index contributed by atoms with van der Waals surface area (Å²) >= 11 is 0. The number of amides is 2. The maximum atomic E-state index is 12.6. The first-order valence-electron chi connectivity index (χ1n) is 10.1. The van der Waals surface area contributed by atoms with E-state index >= 15 is 0 Å². The van der Waals surface area contributed by atoms with Crippen LogP contribution in [0.15, 0.2) is 24.3 Å². The lowest BCUT2D eigenvalue weighted by molar-refractivity contribution is -0.132. The van der Waals surface area contributed by atoms with Crippen LogP contribution in [-0.4, -0.2) is 52.7 Å². The van der Waals surface area contributed by atoms with Gasteiger partial charge >= 0.3 is 0 Å². The highest BCUT2D eigenvalue weighted by atomic mass is 16.5. The number of nitrogens with zero attached hydrogens (tertiary/aromatic N) is 3. The van der Waals surface area contributed by atoms with Crippen molar-refractivity contribution in [3.63, 3.8) is 0 Å².